The summed E-state index contributed by atoms with van der Waals surface area (Å²) >= 11 is 0. The van der Waals surface area contributed by atoms with Gasteiger partial charge in [0.15, 0.2) is 5.75 Å². The Hall–Kier alpha value is -1.52. The van der Waals surface area contributed by atoms with Gasteiger partial charge in [-0.05, 0) is 25.0 Å². The predicted molar refractivity (Wildman–Crippen MR) is 76.0 cm³/mol. The third kappa shape index (κ3) is 3.77. The average Bonchev–Trinajstić information content (AvgIpc) is 2.41. The molecule has 0 radical (unpaired) electrons. The van der Waals surface area contributed by atoms with Crippen molar-refractivity contribution in [2.45, 2.75) is 23.8 Å². The van der Waals surface area contributed by atoms with Crippen molar-refractivity contribution >= 4 is 26.5 Å². The third-order valence-corrected chi connectivity index (χ3v) is 6.06. The first-order chi connectivity index (χ1) is 9.79. The van der Waals surface area contributed by atoms with Crippen LogP contribution in [0.15, 0.2) is 23.1 Å². The van der Waals surface area contributed by atoms with Crippen LogP contribution < -0.4 is 4.72 Å². The van der Waals surface area contributed by atoms with Gasteiger partial charge in [0.2, 0.25) is 10.0 Å². The number of nitrogens with zero attached hydrogens (tertiary/aromatic N) is 1. The lowest BCUT2D eigenvalue weighted by Gasteiger charge is -2.22. The molecular weight excluding hydrogens is 320 g/mol. The Morgan fingerprint density at radius 2 is 1.95 bits per heavy atom. The molecule has 2 rings (SSSR count). The lowest BCUT2D eigenvalue weighted by atomic mass is 10.2. The van der Waals surface area contributed by atoms with E-state index in [1.807, 2.05) is 0 Å². The monoisotopic (exact) mass is 334 g/mol. The number of nitrogens with one attached hydrogen (secondary N) is 1. The molecule has 1 aliphatic heterocycles. The summed E-state index contributed by atoms with van der Waals surface area (Å²) in [6.45, 7) is 0. The molecule has 0 aliphatic carbocycles. The van der Waals surface area contributed by atoms with E-state index in [0.29, 0.717) is 24.3 Å². The first kappa shape index (κ1) is 15.9. The Kier molecular flexibility index (Phi) is 4.59. The zero-order valence-electron chi connectivity index (χ0n) is 10.9. The van der Waals surface area contributed by atoms with Crippen molar-refractivity contribution in [3.63, 3.8) is 0 Å². The first-order valence-electron chi connectivity index (χ1n) is 6.14. The molecule has 1 aromatic carbocycles. The van der Waals surface area contributed by atoms with E-state index in [1.165, 1.54) is 0 Å². The molecule has 0 bridgehead atoms. The van der Waals surface area contributed by atoms with E-state index in [4.69, 9.17) is 0 Å². The molecule has 0 saturated carbocycles. The number of phenols is 1. The highest BCUT2D eigenvalue weighted by atomic mass is 32.2. The normalized spacial score (nSPS) is 22.9. The maximum atomic E-state index is 12.2. The van der Waals surface area contributed by atoms with Gasteiger partial charge in [-0.15, -0.1) is 0 Å². The summed E-state index contributed by atoms with van der Waals surface area (Å²) in [5.74, 6) is 0.276. The van der Waals surface area contributed by atoms with Crippen LogP contribution in [0.4, 0.5) is 5.69 Å². The molecule has 0 aromatic heterocycles. The SMILES string of the molecule is O=[N+]([O-])c1cc(S(=O)(=O)NC2CCS(=O)CC2)ccc1O. The summed E-state index contributed by atoms with van der Waals surface area (Å²) in [5.41, 5.74) is -0.664. The van der Waals surface area contributed by atoms with Crippen LogP contribution in [0, 0.1) is 10.1 Å². The summed E-state index contributed by atoms with van der Waals surface area (Å²) in [6.07, 6.45) is 0.929. The van der Waals surface area contributed by atoms with Crippen molar-refractivity contribution in [1.82, 2.24) is 4.72 Å². The van der Waals surface area contributed by atoms with Crippen LogP contribution in [0.5, 0.6) is 5.75 Å². The summed E-state index contributed by atoms with van der Waals surface area (Å²) in [6, 6.07) is 2.56. The van der Waals surface area contributed by atoms with Crippen molar-refractivity contribution in [1.29, 1.82) is 0 Å². The lowest BCUT2D eigenvalue weighted by Crippen LogP contribution is -2.39. The highest BCUT2D eigenvalue weighted by molar-refractivity contribution is 7.89. The first-order valence-corrected chi connectivity index (χ1v) is 9.11. The van der Waals surface area contributed by atoms with E-state index in [2.05, 4.69) is 4.72 Å². The smallest absolute Gasteiger partial charge is 0.312 e. The quantitative estimate of drug-likeness (QED) is 0.609. The minimum absolute atomic E-state index is 0.279. The molecule has 0 spiro atoms. The number of nitro benzene ring substituents is 1. The maximum Gasteiger partial charge on any atom is 0.312 e. The van der Waals surface area contributed by atoms with E-state index < -0.39 is 37.2 Å². The van der Waals surface area contributed by atoms with Crippen LogP contribution in [0.1, 0.15) is 12.8 Å². The third-order valence-electron chi connectivity index (χ3n) is 3.16. The average molecular weight is 334 g/mol. The van der Waals surface area contributed by atoms with Crippen LogP contribution in [0.25, 0.3) is 0 Å². The molecule has 116 valence electrons. The fourth-order valence-electron chi connectivity index (χ4n) is 2.02. The molecular formula is C11H14N2O6S2. The van der Waals surface area contributed by atoms with Crippen LogP contribution in [0.2, 0.25) is 0 Å². The number of hydrogen-bond donors (Lipinski definition) is 2. The van der Waals surface area contributed by atoms with Gasteiger partial charge in [0, 0.05) is 34.4 Å². The van der Waals surface area contributed by atoms with E-state index >= 15 is 0 Å². The lowest BCUT2D eigenvalue weighted by molar-refractivity contribution is -0.386. The van der Waals surface area contributed by atoms with Crippen molar-refractivity contribution in [2.75, 3.05) is 11.5 Å². The number of benzene rings is 1. The number of sulfonamides is 1. The van der Waals surface area contributed by atoms with E-state index in [1.54, 1.807) is 0 Å². The van der Waals surface area contributed by atoms with Gasteiger partial charge in [0.25, 0.3) is 0 Å². The Morgan fingerprint density at radius 3 is 2.52 bits per heavy atom. The number of aromatic hydroxyl groups is 1. The molecule has 2 N–H and O–H groups in total. The van der Waals surface area contributed by atoms with Gasteiger partial charge in [-0.1, -0.05) is 0 Å². The predicted octanol–water partition coefficient (Wildman–Crippen LogP) is 0.490. The summed E-state index contributed by atoms with van der Waals surface area (Å²) in [7, 11) is -4.82. The Balaban J connectivity index is 2.21. The Morgan fingerprint density at radius 1 is 1.33 bits per heavy atom. The Labute approximate surface area is 123 Å². The van der Waals surface area contributed by atoms with Gasteiger partial charge < -0.3 is 5.11 Å². The number of nitro groups is 1. The minimum Gasteiger partial charge on any atom is -0.502 e. The molecule has 10 heteroatoms. The van der Waals surface area contributed by atoms with Crippen LogP contribution in [-0.4, -0.2) is 40.2 Å². The summed E-state index contributed by atoms with van der Waals surface area (Å²) in [4.78, 5) is 9.60. The number of rotatable bonds is 4. The van der Waals surface area contributed by atoms with Gasteiger partial charge in [-0.3, -0.25) is 14.3 Å². The standard InChI is InChI=1S/C11H14N2O6S2/c14-11-2-1-9(7-10(11)13(15)16)21(18,19)12-8-3-5-20(17)6-4-8/h1-2,7-8,12,14H,3-6H2. The zero-order chi connectivity index (χ0) is 15.6. The number of phenolic OH excluding ortho intramolecular Hbond substituents is 1. The van der Waals surface area contributed by atoms with Gasteiger partial charge in [0.1, 0.15) is 0 Å². The van der Waals surface area contributed by atoms with Crippen molar-refractivity contribution in [3.8, 4) is 5.75 Å². The van der Waals surface area contributed by atoms with Gasteiger partial charge in [-0.2, -0.15) is 0 Å². The number of hydrogen-bond acceptors (Lipinski definition) is 6. The van der Waals surface area contributed by atoms with Gasteiger partial charge >= 0.3 is 5.69 Å². The van der Waals surface area contributed by atoms with Crippen molar-refractivity contribution in [3.05, 3.63) is 28.3 Å². The molecule has 21 heavy (non-hydrogen) atoms. The second-order valence-corrected chi connectivity index (χ2v) is 8.06. The van der Waals surface area contributed by atoms with E-state index in [0.717, 1.165) is 18.2 Å². The molecule has 1 aromatic rings. The van der Waals surface area contributed by atoms with E-state index in [-0.39, 0.29) is 10.9 Å². The second-order valence-electron chi connectivity index (χ2n) is 4.65. The summed E-state index contributed by atoms with van der Waals surface area (Å²) in [5, 5.41) is 20.1. The molecule has 8 nitrogen and oxygen atoms in total. The van der Waals surface area contributed by atoms with Crippen LogP contribution in [-0.2, 0) is 20.8 Å². The van der Waals surface area contributed by atoms with Crippen LogP contribution in [0.3, 0.4) is 0 Å². The molecule has 0 atom stereocenters. The van der Waals surface area contributed by atoms with Crippen molar-refractivity contribution < 1.29 is 22.7 Å². The fourth-order valence-corrected chi connectivity index (χ4v) is 4.64. The topological polar surface area (TPSA) is 127 Å². The largest absolute Gasteiger partial charge is 0.502 e. The van der Waals surface area contributed by atoms with Gasteiger partial charge in [-0.25, -0.2) is 13.1 Å². The highest BCUT2D eigenvalue weighted by Gasteiger charge is 2.26. The second kappa shape index (κ2) is 6.08. The van der Waals surface area contributed by atoms with Crippen LogP contribution >= 0.6 is 0 Å². The highest BCUT2D eigenvalue weighted by Crippen LogP contribution is 2.28. The van der Waals surface area contributed by atoms with Gasteiger partial charge in [0.05, 0.1) is 9.82 Å². The molecule has 1 aliphatic rings. The molecule has 1 saturated heterocycles. The zero-order valence-corrected chi connectivity index (χ0v) is 12.5. The molecule has 1 heterocycles. The van der Waals surface area contributed by atoms with E-state index in [9.17, 15) is 27.8 Å². The molecule has 1 fully saturated rings. The maximum absolute atomic E-state index is 12.2. The minimum atomic E-state index is -3.91. The molecule has 0 unspecified atom stereocenters. The Bertz CT molecular complexity index is 678. The summed E-state index contributed by atoms with van der Waals surface area (Å²) < 4.78 is 38.0. The van der Waals surface area contributed by atoms with Crippen molar-refractivity contribution in [2.24, 2.45) is 0 Å². The molecule has 0 amide bonds. The fraction of sp³-hybridized carbons (Fsp3) is 0.455.